The highest BCUT2D eigenvalue weighted by atomic mass is 16.4. The summed E-state index contributed by atoms with van der Waals surface area (Å²) < 4.78 is 0. The smallest absolute Gasteiger partial charge is 0.335 e. The number of rotatable bonds is 6. The summed E-state index contributed by atoms with van der Waals surface area (Å²) in [5.74, 6) is -0.921. The lowest BCUT2D eigenvalue weighted by Crippen LogP contribution is -2.00. The van der Waals surface area contributed by atoms with Crippen LogP contribution in [-0.4, -0.2) is 11.1 Å². The third-order valence-electron chi connectivity index (χ3n) is 3.15. The molecule has 3 N–H and O–H groups in total. The second kappa shape index (κ2) is 7.53. The molecule has 0 amide bonds. The summed E-state index contributed by atoms with van der Waals surface area (Å²) in [5.41, 5.74) is 10.3. The van der Waals surface area contributed by atoms with Gasteiger partial charge in [-0.2, -0.15) is 0 Å². The van der Waals surface area contributed by atoms with Gasteiger partial charge in [0.05, 0.1) is 5.56 Å². The van der Waals surface area contributed by atoms with Gasteiger partial charge in [-0.05, 0) is 63.8 Å². The van der Waals surface area contributed by atoms with Gasteiger partial charge in [0, 0.05) is 5.69 Å². The first-order chi connectivity index (χ1) is 9.40. The number of nitrogens with two attached hydrogens (primary N) is 1. The molecule has 0 atom stereocenters. The molecule has 3 nitrogen and oxygen atoms in total. The van der Waals surface area contributed by atoms with Crippen molar-refractivity contribution in [3.63, 3.8) is 0 Å². The van der Waals surface area contributed by atoms with Crippen LogP contribution in [0.3, 0.4) is 0 Å². The fraction of sp³-hybridized carbons (Fsp3) is 0.353. The number of carbonyl (C=O) groups is 1. The molecular weight excluding hydrogens is 250 g/mol. The molecule has 0 aliphatic heterocycles. The number of nitrogen functional groups attached to an aromatic ring is 1. The van der Waals surface area contributed by atoms with E-state index in [2.05, 4.69) is 32.9 Å². The molecule has 0 aliphatic carbocycles. The minimum absolute atomic E-state index is 0.282. The Morgan fingerprint density at radius 1 is 1.25 bits per heavy atom. The first kappa shape index (κ1) is 16.0. The largest absolute Gasteiger partial charge is 0.478 e. The van der Waals surface area contributed by atoms with Gasteiger partial charge in [0.1, 0.15) is 0 Å². The highest BCUT2D eigenvalue weighted by Gasteiger charge is 2.05. The van der Waals surface area contributed by atoms with Crippen LogP contribution in [-0.2, 0) is 6.42 Å². The summed E-state index contributed by atoms with van der Waals surface area (Å²) in [6, 6.07) is 4.84. The van der Waals surface area contributed by atoms with Crippen molar-refractivity contribution < 1.29 is 9.90 Å². The normalized spacial score (nSPS) is 11.2. The van der Waals surface area contributed by atoms with Crippen molar-refractivity contribution in [3.8, 4) is 0 Å². The number of benzene rings is 1. The van der Waals surface area contributed by atoms with Crippen molar-refractivity contribution in [1.29, 1.82) is 0 Å². The van der Waals surface area contributed by atoms with Crippen LogP contribution in [0.25, 0.3) is 0 Å². The number of carboxylic acid groups (broad SMARTS) is 1. The lowest BCUT2D eigenvalue weighted by Gasteiger charge is -2.05. The van der Waals surface area contributed by atoms with E-state index in [-0.39, 0.29) is 5.56 Å². The maximum Gasteiger partial charge on any atom is 0.335 e. The van der Waals surface area contributed by atoms with E-state index in [4.69, 9.17) is 10.8 Å². The van der Waals surface area contributed by atoms with Gasteiger partial charge >= 0.3 is 5.97 Å². The first-order valence-electron chi connectivity index (χ1n) is 6.81. The second-order valence-electron chi connectivity index (χ2n) is 5.29. The van der Waals surface area contributed by atoms with Crippen LogP contribution < -0.4 is 5.73 Å². The molecule has 3 heteroatoms. The minimum atomic E-state index is -0.921. The number of carboxylic acids is 1. The lowest BCUT2D eigenvalue weighted by molar-refractivity contribution is 0.0697. The van der Waals surface area contributed by atoms with E-state index in [9.17, 15) is 4.79 Å². The zero-order chi connectivity index (χ0) is 15.1. The molecular formula is C17H23NO2. The highest BCUT2D eigenvalue weighted by molar-refractivity contribution is 5.88. The molecule has 20 heavy (non-hydrogen) atoms. The van der Waals surface area contributed by atoms with E-state index in [1.807, 2.05) is 0 Å². The average molecular weight is 273 g/mol. The van der Waals surface area contributed by atoms with Crippen molar-refractivity contribution in [2.24, 2.45) is 0 Å². The van der Waals surface area contributed by atoms with Gasteiger partial charge in [-0.1, -0.05) is 23.3 Å². The van der Waals surface area contributed by atoms with Crippen molar-refractivity contribution in [2.45, 2.75) is 40.0 Å². The molecule has 0 saturated carbocycles. The van der Waals surface area contributed by atoms with Gasteiger partial charge in [0.25, 0.3) is 0 Å². The molecule has 1 aromatic carbocycles. The van der Waals surface area contributed by atoms with Crippen LogP contribution in [0.2, 0.25) is 0 Å². The third-order valence-corrected chi connectivity index (χ3v) is 3.15. The van der Waals surface area contributed by atoms with Gasteiger partial charge < -0.3 is 10.8 Å². The molecule has 0 radical (unpaired) electrons. The number of aromatic carboxylic acids is 1. The van der Waals surface area contributed by atoms with E-state index < -0.39 is 5.97 Å². The molecule has 0 bridgehead atoms. The predicted molar refractivity (Wildman–Crippen MR) is 83.9 cm³/mol. The van der Waals surface area contributed by atoms with Crippen molar-refractivity contribution in [2.75, 3.05) is 5.73 Å². The Morgan fingerprint density at radius 3 is 2.55 bits per heavy atom. The zero-order valence-electron chi connectivity index (χ0n) is 12.4. The fourth-order valence-electron chi connectivity index (χ4n) is 1.89. The summed E-state index contributed by atoms with van der Waals surface area (Å²) >= 11 is 0. The number of allylic oxidation sites excluding steroid dienone is 4. The van der Waals surface area contributed by atoms with Crippen LogP contribution in [0.4, 0.5) is 5.69 Å². The monoisotopic (exact) mass is 273 g/mol. The zero-order valence-corrected chi connectivity index (χ0v) is 12.4. The van der Waals surface area contributed by atoms with Gasteiger partial charge in [0.2, 0.25) is 0 Å². The van der Waals surface area contributed by atoms with Crippen LogP contribution in [0.15, 0.2) is 41.5 Å². The van der Waals surface area contributed by atoms with Crippen molar-refractivity contribution >= 4 is 11.7 Å². The molecule has 0 spiro atoms. The van der Waals surface area contributed by atoms with Crippen LogP contribution >= 0.6 is 0 Å². The molecule has 0 saturated heterocycles. The van der Waals surface area contributed by atoms with Crippen LogP contribution in [0, 0.1) is 0 Å². The summed E-state index contributed by atoms with van der Waals surface area (Å²) in [6.45, 7) is 6.28. The third kappa shape index (κ3) is 5.31. The summed E-state index contributed by atoms with van der Waals surface area (Å²) in [4.78, 5) is 10.9. The van der Waals surface area contributed by atoms with E-state index in [0.717, 1.165) is 18.4 Å². The summed E-state index contributed by atoms with van der Waals surface area (Å²) in [5, 5.41) is 8.98. The number of anilines is 1. The Balaban J connectivity index is 2.70. The Labute approximate surface area is 120 Å². The second-order valence-corrected chi connectivity index (χ2v) is 5.29. The molecule has 0 aliphatic rings. The van der Waals surface area contributed by atoms with E-state index >= 15 is 0 Å². The predicted octanol–water partition coefficient (Wildman–Crippen LogP) is 4.20. The van der Waals surface area contributed by atoms with E-state index in [0.29, 0.717) is 12.1 Å². The van der Waals surface area contributed by atoms with Gasteiger partial charge in [-0.15, -0.1) is 0 Å². The summed E-state index contributed by atoms with van der Waals surface area (Å²) in [7, 11) is 0. The van der Waals surface area contributed by atoms with Gasteiger partial charge in [0.15, 0.2) is 0 Å². The Kier molecular flexibility index (Phi) is 6.04. The molecule has 1 rings (SSSR count). The maximum absolute atomic E-state index is 10.9. The fourth-order valence-corrected chi connectivity index (χ4v) is 1.89. The molecule has 1 aromatic rings. The van der Waals surface area contributed by atoms with Crippen molar-refractivity contribution in [3.05, 3.63) is 52.6 Å². The number of hydrogen-bond acceptors (Lipinski definition) is 2. The molecule has 0 unspecified atom stereocenters. The van der Waals surface area contributed by atoms with Crippen molar-refractivity contribution in [1.82, 2.24) is 0 Å². The SMILES string of the molecule is CC(C)=CCC/C(C)=C/Cc1cc(C(=O)O)ccc1N. The molecule has 108 valence electrons. The van der Waals surface area contributed by atoms with Gasteiger partial charge in [-0.3, -0.25) is 0 Å². The van der Waals surface area contributed by atoms with E-state index in [1.54, 1.807) is 12.1 Å². The Morgan fingerprint density at radius 2 is 1.95 bits per heavy atom. The molecule has 0 heterocycles. The Bertz CT molecular complexity index is 538. The topological polar surface area (TPSA) is 63.3 Å². The standard InChI is InChI=1S/C17H23NO2/c1-12(2)5-4-6-13(3)7-8-14-11-15(17(19)20)9-10-16(14)18/h5,7,9-11H,4,6,8,18H2,1-3H3,(H,19,20)/b13-7+. The quantitative estimate of drug-likeness (QED) is 0.603. The van der Waals surface area contributed by atoms with Gasteiger partial charge in [-0.25, -0.2) is 4.79 Å². The number of hydrogen-bond donors (Lipinski definition) is 2. The minimum Gasteiger partial charge on any atom is -0.478 e. The molecule has 0 aromatic heterocycles. The first-order valence-corrected chi connectivity index (χ1v) is 6.81. The van der Waals surface area contributed by atoms with E-state index in [1.165, 1.54) is 17.2 Å². The van der Waals surface area contributed by atoms with Crippen LogP contribution in [0.5, 0.6) is 0 Å². The Hall–Kier alpha value is -2.03. The highest BCUT2D eigenvalue weighted by Crippen LogP contribution is 2.17. The lowest BCUT2D eigenvalue weighted by atomic mass is 10.0. The van der Waals surface area contributed by atoms with Crippen LogP contribution in [0.1, 0.15) is 49.5 Å². The summed E-state index contributed by atoms with van der Waals surface area (Å²) in [6.07, 6.45) is 7.07. The molecule has 0 fully saturated rings. The average Bonchev–Trinajstić information content (AvgIpc) is 2.37. The maximum atomic E-state index is 10.9.